The van der Waals surface area contributed by atoms with Crippen molar-refractivity contribution < 1.29 is 16.8 Å². The summed E-state index contributed by atoms with van der Waals surface area (Å²) in [6.07, 6.45) is 1.76. The molecule has 0 heterocycles. The molecule has 9 nitrogen and oxygen atoms in total. The molecule has 0 aliphatic rings. The highest BCUT2D eigenvalue weighted by Crippen LogP contribution is 2.12. The Morgan fingerprint density at radius 1 is 0.742 bits per heavy atom. The number of nitrogens with two attached hydrogens (primary N) is 1. The summed E-state index contributed by atoms with van der Waals surface area (Å²) in [6.45, 7) is 2.10. The van der Waals surface area contributed by atoms with Crippen LogP contribution in [0.25, 0.3) is 0 Å². The standard InChI is InChI=1S/C20H27N5O4S2/c1-15(21)16-5-9-18(10-6-16)30(26,27)24-13-3-2-4-14-25-31(28,29)19-11-7-17(8-12-19)20(22)23/h5-12,21,24-25H,2-4,13-14H2,1H3,(H3,22,23). The quantitative estimate of drug-likeness (QED) is 0.183. The van der Waals surface area contributed by atoms with Crippen LogP contribution in [0.3, 0.4) is 0 Å². The van der Waals surface area contributed by atoms with Gasteiger partial charge in [-0.1, -0.05) is 18.6 Å². The van der Waals surface area contributed by atoms with E-state index >= 15 is 0 Å². The fraction of sp³-hybridized carbons (Fsp3) is 0.300. The number of hydrogen-bond acceptors (Lipinski definition) is 6. The van der Waals surface area contributed by atoms with Gasteiger partial charge in [0.2, 0.25) is 20.0 Å². The van der Waals surface area contributed by atoms with Gasteiger partial charge in [-0.05, 0) is 61.7 Å². The largest absolute Gasteiger partial charge is 0.384 e. The van der Waals surface area contributed by atoms with Crippen LogP contribution in [-0.4, -0.2) is 41.5 Å². The normalized spacial score (nSPS) is 11.9. The molecule has 2 rings (SSSR count). The molecule has 11 heteroatoms. The summed E-state index contributed by atoms with van der Waals surface area (Å²) in [5.74, 6) is -0.133. The van der Waals surface area contributed by atoms with Gasteiger partial charge in [-0.2, -0.15) is 0 Å². The van der Waals surface area contributed by atoms with Gasteiger partial charge in [0.25, 0.3) is 0 Å². The monoisotopic (exact) mass is 465 g/mol. The van der Waals surface area contributed by atoms with Gasteiger partial charge in [-0.15, -0.1) is 0 Å². The molecule has 0 bridgehead atoms. The summed E-state index contributed by atoms with van der Waals surface area (Å²) in [5, 5.41) is 14.9. The minimum atomic E-state index is -3.65. The van der Waals surface area contributed by atoms with Crippen molar-refractivity contribution >= 4 is 31.6 Å². The highest BCUT2D eigenvalue weighted by molar-refractivity contribution is 7.89. The molecule has 2 aromatic carbocycles. The summed E-state index contributed by atoms with van der Waals surface area (Å²) in [7, 11) is -7.27. The van der Waals surface area contributed by atoms with Crippen molar-refractivity contribution in [3.05, 3.63) is 59.7 Å². The van der Waals surface area contributed by atoms with Gasteiger partial charge in [0.15, 0.2) is 0 Å². The molecule has 0 aromatic heterocycles. The van der Waals surface area contributed by atoms with Gasteiger partial charge in [0, 0.05) is 24.4 Å². The van der Waals surface area contributed by atoms with Crippen molar-refractivity contribution in [2.45, 2.75) is 36.0 Å². The Morgan fingerprint density at radius 2 is 1.13 bits per heavy atom. The maximum atomic E-state index is 12.3. The summed E-state index contributed by atoms with van der Waals surface area (Å²) < 4.78 is 54.1. The zero-order valence-corrected chi connectivity index (χ0v) is 18.8. The van der Waals surface area contributed by atoms with Gasteiger partial charge < -0.3 is 11.1 Å². The van der Waals surface area contributed by atoms with Crippen LogP contribution < -0.4 is 15.2 Å². The molecule has 0 radical (unpaired) electrons. The molecular weight excluding hydrogens is 438 g/mol. The number of sulfonamides is 2. The number of amidine groups is 1. The Bertz CT molecular complexity index is 1040. The van der Waals surface area contributed by atoms with Crippen molar-refractivity contribution in [2.75, 3.05) is 13.1 Å². The lowest BCUT2D eigenvalue weighted by Gasteiger charge is -2.09. The smallest absolute Gasteiger partial charge is 0.240 e. The Labute approximate surface area is 183 Å². The minimum Gasteiger partial charge on any atom is -0.384 e. The Morgan fingerprint density at radius 3 is 1.48 bits per heavy atom. The van der Waals surface area contributed by atoms with Gasteiger partial charge in [-0.3, -0.25) is 5.41 Å². The molecular formula is C20H27N5O4S2. The first kappa shape index (κ1) is 24.7. The van der Waals surface area contributed by atoms with E-state index in [2.05, 4.69) is 9.44 Å². The van der Waals surface area contributed by atoms with E-state index in [1.165, 1.54) is 36.4 Å². The van der Waals surface area contributed by atoms with Gasteiger partial charge >= 0.3 is 0 Å². The SMILES string of the molecule is CC(=N)c1ccc(S(=O)(=O)NCCCCCNS(=O)(=O)c2ccc(C(=N)N)cc2)cc1. The van der Waals surface area contributed by atoms with Crippen molar-refractivity contribution in [1.29, 1.82) is 10.8 Å². The van der Waals surface area contributed by atoms with Crippen LogP contribution in [0, 0.1) is 10.8 Å². The fourth-order valence-corrected chi connectivity index (χ4v) is 4.85. The lowest BCUT2D eigenvalue weighted by atomic mass is 10.1. The van der Waals surface area contributed by atoms with Crippen LogP contribution in [0.5, 0.6) is 0 Å². The summed E-state index contributed by atoms with van der Waals surface area (Å²) in [4.78, 5) is 0.232. The number of benzene rings is 2. The molecule has 0 aliphatic heterocycles. The first-order valence-electron chi connectivity index (χ1n) is 9.62. The second kappa shape index (κ2) is 10.6. The van der Waals surface area contributed by atoms with Crippen molar-refractivity contribution in [1.82, 2.24) is 9.44 Å². The minimum absolute atomic E-state index is 0.0921. The third-order valence-electron chi connectivity index (χ3n) is 4.51. The van der Waals surface area contributed by atoms with E-state index in [-0.39, 0.29) is 28.7 Å². The average molecular weight is 466 g/mol. The van der Waals surface area contributed by atoms with Crippen molar-refractivity contribution in [3.8, 4) is 0 Å². The topological polar surface area (TPSA) is 166 Å². The van der Waals surface area contributed by atoms with Gasteiger partial charge in [-0.25, -0.2) is 26.3 Å². The number of hydrogen-bond donors (Lipinski definition) is 5. The molecule has 0 saturated heterocycles. The zero-order chi connectivity index (χ0) is 23.1. The molecule has 0 fully saturated rings. The van der Waals surface area contributed by atoms with Crippen LogP contribution in [0.2, 0.25) is 0 Å². The van der Waals surface area contributed by atoms with Crippen LogP contribution in [0.4, 0.5) is 0 Å². The predicted octanol–water partition coefficient (Wildman–Crippen LogP) is 1.79. The van der Waals surface area contributed by atoms with Crippen LogP contribution in [-0.2, 0) is 20.0 Å². The van der Waals surface area contributed by atoms with E-state index in [9.17, 15) is 16.8 Å². The molecule has 0 spiro atoms. The lowest BCUT2D eigenvalue weighted by molar-refractivity contribution is 0.568. The van der Waals surface area contributed by atoms with E-state index in [1.807, 2.05) is 0 Å². The van der Waals surface area contributed by atoms with E-state index in [4.69, 9.17) is 16.6 Å². The molecule has 0 atom stereocenters. The summed E-state index contributed by atoms with van der Waals surface area (Å²) >= 11 is 0. The number of rotatable bonds is 12. The van der Waals surface area contributed by atoms with E-state index < -0.39 is 20.0 Å². The molecule has 0 aliphatic carbocycles. The molecule has 2 aromatic rings. The maximum absolute atomic E-state index is 12.3. The first-order valence-corrected chi connectivity index (χ1v) is 12.6. The highest BCUT2D eigenvalue weighted by Gasteiger charge is 2.14. The van der Waals surface area contributed by atoms with E-state index in [0.29, 0.717) is 36.1 Å². The third kappa shape index (κ3) is 7.24. The molecule has 0 saturated carbocycles. The number of unbranched alkanes of at least 4 members (excludes halogenated alkanes) is 2. The summed E-state index contributed by atoms with van der Waals surface area (Å²) in [5.41, 5.74) is 6.83. The van der Waals surface area contributed by atoms with Crippen molar-refractivity contribution in [3.63, 3.8) is 0 Å². The molecule has 0 unspecified atom stereocenters. The van der Waals surface area contributed by atoms with Gasteiger partial charge in [0.1, 0.15) is 5.84 Å². The van der Waals surface area contributed by atoms with E-state index in [0.717, 1.165) is 0 Å². The summed E-state index contributed by atoms with van der Waals surface area (Å²) in [6, 6.07) is 11.9. The zero-order valence-electron chi connectivity index (χ0n) is 17.2. The van der Waals surface area contributed by atoms with Crippen LogP contribution >= 0.6 is 0 Å². The average Bonchev–Trinajstić information content (AvgIpc) is 2.73. The maximum Gasteiger partial charge on any atom is 0.240 e. The third-order valence-corrected chi connectivity index (χ3v) is 7.46. The van der Waals surface area contributed by atoms with Crippen LogP contribution in [0.15, 0.2) is 58.3 Å². The second-order valence-corrected chi connectivity index (χ2v) is 10.5. The molecule has 6 N–H and O–H groups in total. The first-order chi connectivity index (χ1) is 14.5. The van der Waals surface area contributed by atoms with Crippen molar-refractivity contribution in [2.24, 2.45) is 5.73 Å². The molecule has 0 amide bonds. The lowest BCUT2D eigenvalue weighted by Crippen LogP contribution is -2.26. The second-order valence-electron chi connectivity index (χ2n) is 6.94. The number of nitrogen functional groups attached to an aromatic ring is 1. The molecule has 168 valence electrons. The predicted molar refractivity (Wildman–Crippen MR) is 121 cm³/mol. The Kier molecular flexibility index (Phi) is 8.45. The fourth-order valence-electron chi connectivity index (χ4n) is 2.70. The Balaban J connectivity index is 1.73. The Hall–Kier alpha value is -2.60. The van der Waals surface area contributed by atoms with E-state index in [1.54, 1.807) is 19.1 Å². The highest BCUT2D eigenvalue weighted by atomic mass is 32.2. The van der Waals surface area contributed by atoms with Crippen LogP contribution in [0.1, 0.15) is 37.3 Å². The number of nitrogens with one attached hydrogen (secondary N) is 4. The van der Waals surface area contributed by atoms with Gasteiger partial charge in [0.05, 0.1) is 9.79 Å². The molecule has 31 heavy (non-hydrogen) atoms.